The van der Waals surface area contributed by atoms with Gasteiger partial charge in [-0.25, -0.2) is 18.2 Å². The molecule has 0 atom stereocenters. The van der Waals surface area contributed by atoms with Crippen LogP contribution in [-0.2, 0) is 14.6 Å². The lowest BCUT2D eigenvalue weighted by atomic mass is 10.7. The molecule has 0 radical (unpaired) electrons. The van der Waals surface area contributed by atoms with Crippen LogP contribution in [0.4, 0.5) is 4.79 Å². The third-order valence-electron chi connectivity index (χ3n) is 1.84. The summed E-state index contributed by atoms with van der Waals surface area (Å²) in [7, 11) is -2.20. The highest BCUT2D eigenvalue weighted by atomic mass is 32.2. The molecular formula is C8H14N4O4S. The first-order chi connectivity index (χ1) is 8.01. The predicted octanol–water partition coefficient (Wildman–Crippen LogP) is -0.724. The lowest BCUT2D eigenvalue weighted by molar-refractivity contribution is 0.217. The van der Waals surface area contributed by atoms with Crippen molar-refractivity contribution in [2.75, 3.05) is 26.0 Å². The number of sulfone groups is 1. The van der Waals surface area contributed by atoms with Gasteiger partial charge in [-0.2, -0.15) is 4.68 Å². The summed E-state index contributed by atoms with van der Waals surface area (Å²) in [4.78, 5) is 14.9. The van der Waals surface area contributed by atoms with Crippen LogP contribution in [0.15, 0.2) is 11.5 Å². The number of methoxy groups -OCH3 is 1. The van der Waals surface area contributed by atoms with E-state index in [1.165, 1.54) is 7.11 Å². The molecule has 0 bridgehead atoms. The van der Waals surface area contributed by atoms with Gasteiger partial charge in [0.2, 0.25) is 9.84 Å². The number of amides is 1. The molecule has 9 heteroatoms. The lowest BCUT2D eigenvalue weighted by Crippen LogP contribution is -2.28. The van der Waals surface area contributed by atoms with Gasteiger partial charge < -0.3 is 10.1 Å². The predicted molar refractivity (Wildman–Crippen MR) is 58.4 cm³/mol. The van der Waals surface area contributed by atoms with Crippen LogP contribution < -0.4 is 5.32 Å². The van der Waals surface area contributed by atoms with Gasteiger partial charge in [0.15, 0.2) is 0 Å². The number of aromatic nitrogens is 3. The first-order valence-electron chi connectivity index (χ1n) is 4.93. The second kappa shape index (κ2) is 5.73. The smallest absolute Gasteiger partial charge is 0.343 e. The fourth-order valence-corrected chi connectivity index (χ4v) is 1.99. The molecule has 0 aromatic carbocycles. The molecule has 0 aliphatic rings. The minimum atomic E-state index is -3.60. The SMILES string of the molecule is CCNC(=O)n1cnc(S(=O)(=O)CCOC)n1. The molecular weight excluding hydrogens is 248 g/mol. The fourth-order valence-electron chi connectivity index (χ4n) is 1.00. The summed E-state index contributed by atoms with van der Waals surface area (Å²) in [6.45, 7) is 2.22. The highest BCUT2D eigenvalue weighted by molar-refractivity contribution is 7.91. The van der Waals surface area contributed by atoms with Gasteiger partial charge in [-0.3, -0.25) is 0 Å². The molecule has 96 valence electrons. The minimum Gasteiger partial charge on any atom is -0.384 e. The Morgan fingerprint density at radius 3 is 2.88 bits per heavy atom. The molecule has 0 spiro atoms. The summed E-state index contributed by atoms with van der Waals surface area (Å²) < 4.78 is 28.8. The van der Waals surface area contributed by atoms with E-state index in [1.807, 2.05) is 0 Å². The van der Waals surface area contributed by atoms with Crippen molar-refractivity contribution in [3.63, 3.8) is 0 Å². The summed E-state index contributed by atoms with van der Waals surface area (Å²) in [6, 6.07) is -0.520. The van der Waals surface area contributed by atoms with Crippen LogP contribution in [0.1, 0.15) is 6.92 Å². The Hall–Kier alpha value is -1.48. The molecule has 1 rings (SSSR count). The third kappa shape index (κ3) is 3.49. The van der Waals surface area contributed by atoms with Gasteiger partial charge in [0.05, 0.1) is 12.4 Å². The molecule has 1 amide bonds. The standard InChI is InChI=1S/C8H14N4O4S/c1-3-9-8(13)12-6-10-7(11-12)17(14,15)5-4-16-2/h6H,3-5H2,1-2H3,(H,9,13). The van der Waals surface area contributed by atoms with Gasteiger partial charge in [0.25, 0.3) is 5.16 Å². The van der Waals surface area contributed by atoms with Gasteiger partial charge in [-0.05, 0) is 6.92 Å². The van der Waals surface area contributed by atoms with Crippen LogP contribution in [-0.4, -0.2) is 55.2 Å². The Balaban J connectivity index is 2.84. The summed E-state index contributed by atoms with van der Waals surface area (Å²) >= 11 is 0. The number of nitrogens with one attached hydrogen (secondary N) is 1. The topological polar surface area (TPSA) is 103 Å². The largest absolute Gasteiger partial charge is 0.384 e. The highest BCUT2D eigenvalue weighted by Crippen LogP contribution is 2.03. The van der Waals surface area contributed by atoms with Crippen molar-refractivity contribution < 1.29 is 17.9 Å². The molecule has 8 nitrogen and oxygen atoms in total. The Bertz CT molecular complexity index is 481. The number of carbonyl (C=O) groups is 1. The van der Waals surface area contributed by atoms with Crippen molar-refractivity contribution in [1.29, 1.82) is 0 Å². The monoisotopic (exact) mass is 262 g/mol. The second-order valence-electron chi connectivity index (χ2n) is 3.12. The number of hydrogen-bond acceptors (Lipinski definition) is 6. The third-order valence-corrected chi connectivity index (χ3v) is 3.29. The summed E-state index contributed by atoms with van der Waals surface area (Å²) in [5.74, 6) is -0.219. The Morgan fingerprint density at radius 2 is 2.29 bits per heavy atom. The lowest BCUT2D eigenvalue weighted by Gasteiger charge is -2.00. The average Bonchev–Trinajstić information content (AvgIpc) is 2.77. The van der Waals surface area contributed by atoms with Gasteiger partial charge in [-0.1, -0.05) is 0 Å². The number of hydrogen-bond donors (Lipinski definition) is 1. The summed E-state index contributed by atoms with van der Waals surface area (Å²) in [5, 5.41) is 5.70. The van der Waals surface area contributed by atoms with Crippen LogP contribution >= 0.6 is 0 Å². The number of rotatable bonds is 5. The first-order valence-corrected chi connectivity index (χ1v) is 6.58. The van der Waals surface area contributed by atoms with E-state index in [0.29, 0.717) is 6.54 Å². The van der Waals surface area contributed by atoms with E-state index < -0.39 is 15.9 Å². The van der Waals surface area contributed by atoms with E-state index in [0.717, 1.165) is 11.0 Å². The van der Waals surface area contributed by atoms with E-state index in [-0.39, 0.29) is 17.5 Å². The molecule has 0 aliphatic carbocycles. The zero-order chi connectivity index (χ0) is 12.9. The molecule has 0 saturated carbocycles. The molecule has 1 aromatic rings. The van der Waals surface area contributed by atoms with E-state index >= 15 is 0 Å². The van der Waals surface area contributed by atoms with Crippen LogP contribution in [0, 0.1) is 0 Å². The van der Waals surface area contributed by atoms with Crippen molar-refractivity contribution in [3.8, 4) is 0 Å². The van der Waals surface area contributed by atoms with Crippen LogP contribution in [0.25, 0.3) is 0 Å². The first kappa shape index (κ1) is 13.6. The summed E-state index contributed by atoms with van der Waals surface area (Å²) in [5.41, 5.74) is 0. The molecule has 0 saturated heterocycles. The van der Waals surface area contributed by atoms with Gasteiger partial charge in [0, 0.05) is 13.7 Å². The van der Waals surface area contributed by atoms with Gasteiger partial charge in [0.1, 0.15) is 6.33 Å². The Morgan fingerprint density at radius 1 is 1.59 bits per heavy atom. The molecule has 1 heterocycles. The molecule has 17 heavy (non-hydrogen) atoms. The zero-order valence-electron chi connectivity index (χ0n) is 9.58. The van der Waals surface area contributed by atoms with Crippen molar-refractivity contribution in [3.05, 3.63) is 6.33 Å². The van der Waals surface area contributed by atoms with Gasteiger partial charge in [-0.15, -0.1) is 5.10 Å². The zero-order valence-corrected chi connectivity index (χ0v) is 10.4. The van der Waals surface area contributed by atoms with Crippen molar-refractivity contribution >= 4 is 15.9 Å². The molecule has 1 aromatic heterocycles. The second-order valence-corrected chi connectivity index (χ2v) is 5.12. The summed E-state index contributed by atoms with van der Waals surface area (Å²) in [6.07, 6.45) is 1.06. The maximum Gasteiger partial charge on any atom is 0.343 e. The van der Waals surface area contributed by atoms with E-state index in [2.05, 4.69) is 20.1 Å². The fraction of sp³-hybridized carbons (Fsp3) is 0.625. The maximum atomic E-state index is 11.6. The van der Waals surface area contributed by atoms with Crippen LogP contribution in [0.2, 0.25) is 0 Å². The quantitative estimate of drug-likeness (QED) is 0.750. The number of nitrogens with zero attached hydrogens (tertiary/aromatic N) is 3. The highest BCUT2D eigenvalue weighted by Gasteiger charge is 2.20. The van der Waals surface area contributed by atoms with Gasteiger partial charge >= 0.3 is 6.03 Å². The number of carbonyl (C=O) groups excluding carboxylic acids is 1. The maximum absolute atomic E-state index is 11.6. The van der Waals surface area contributed by atoms with E-state index in [9.17, 15) is 13.2 Å². The van der Waals surface area contributed by atoms with Crippen molar-refractivity contribution in [1.82, 2.24) is 20.1 Å². The normalized spacial score (nSPS) is 11.4. The van der Waals surface area contributed by atoms with Crippen molar-refractivity contribution in [2.45, 2.75) is 12.1 Å². The van der Waals surface area contributed by atoms with Crippen LogP contribution in [0.3, 0.4) is 0 Å². The average molecular weight is 262 g/mol. The number of ether oxygens (including phenoxy) is 1. The molecule has 1 N–H and O–H groups in total. The van der Waals surface area contributed by atoms with Crippen molar-refractivity contribution in [2.24, 2.45) is 0 Å². The minimum absolute atomic E-state index is 0.0536. The van der Waals surface area contributed by atoms with E-state index in [1.54, 1.807) is 6.92 Å². The van der Waals surface area contributed by atoms with Crippen LogP contribution in [0.5, 0.6) is 0 Å². The molecule has 0 unspecified atom stereocenters. The Labute approximate surface area is 98.9 Å². The van der Waals surface area contributed by atoms with E-state index in [4.69, 9.17) is 0 Å². The Kier molecular flexibility index (Phi) is 4.58. The molecule has 0 aliphatic heterocycles. The molecule has 0 fully saturated rings.